The summed E-state index contributed by atoms with van der Waals surface area (Å²) in [7, 11) is 0. The molecule has 1 aliphatic heterocycles. The summed E-state index contributed by atoms with van der Waals surface area (Å²) in [6, 6.07) is 19.1. The number of hydrogen-bond donors (Lipinski definition) is 2. The van der Waals surface area contributed by atoms with Crippen molar-refractivity contribution in [1.82, 2.24) is 0 Å². The van der Waals surface area contributed by atoms with Gasteiger partial charge in [-0.15, -0.1) is 0 Å². The van der Waals surface area contributed by atoms with E-state index in [4.69, 9.17) is 4.74 Å². The Hall–Kier alpha value is -3.47. The molecule has 142 valence electrons. The lowest BCUT2D eigenvalue weighted by Gasteiger charge is -2.33. The van der Waals surface area contributed by atoms with E-state index in [2.05, 4.69) is 6.92 Å². The van der Waals surface area contributed by atoms with Crippen LogP contribution in [0.15, 0.2) is 66.7 Å². The van der Waals surface area contributed by atoms with Gasteiger partial charge in [0, 0.05) is 6.54 Å². The molecule has 5 heteroatoms. The van der Waals surface area contributed by atoms with Gasteiger partial charge >= 0.3 is 0 Å². The monoisotopic (exact) mass is 375 g/mol. The number of phenolic OH excluding ortho intramolecular Hbond substituents is 2. The molecule has 1 heterocycles. The van der Waals surface area contributed by atoms with E-state index < -0.39 is 0 Å². The average molecular weight is 375 g/mol. The fraction of sp³-hybridized carbons (Fsp3) is 0.174. The highest BCUT2D eigenvalue weighted by Gasteiger charge is 2.30. The molecule has 1 atom stereocenters. The number of rotatable bonds is 3. The summed E-state index contributed by atoms with van der Waals surface area (Å²) in [6.07, 6.45) is 0.788. The lowest BCUT2D eigenvalue weighted by atomic mass is 9.92. The number of fused-ring (bicyclic) bond motifs is 1. The molecule has 2 N–H and O–H groups in total. The van der Waals surface area contributed by atoms with Crippen molar-refractivity contribution < 1.29 is 19.7 Å². The van der Waals surface area contributed by atoms with Gasteiger partial charge in [0.2, 0.25) is 0 Å². The molecule has 0 spiro atoms. The van der Waals surface area contributed by atoms with Gasteiger partial charge in [0.1, 0.15) is 23.0 Å². The summed E-state index contributed by atoms with van der Waals surface area (Å²) in [5, 5.41) is 20.7. The third-order valence-electron chi connectivity index (χ3n) is 4.85. The second-order valence-electron chi connectivity index (χ2n) is 7.10. The first-order chi connectivity index (χ1) is 13.5. The number of anilines is 1. The summed E-state index contributed by atoms with van der Waals surface area (Å²) < 4.78 is 5.79. The standard InChI is InChI=1S/C23H21NO4/c1-15-12-16-6-5-9-21(26)22(16)24(14-15)23(27)19-13-18(10-11-20(19)25)28-17-7-3-2-4-8-17/h2-11,13,15,25-26H,12,14H2,1H3. The van der Waals surface area contributed by atoms with Crippen LogP contribution in [-0.2, 0) is 6.42 Å². The molecule has 0 aromatic heterocycles. The van der Waals surface area contributed by atoms with Crippen molar-refractivity contribution >= 4 is 11.6 Å². The number of phenols is 2. The van der Waals surface area contributed by atoms with Gasteiger partial charge in [0.25, 0.3) is 5.91 Å². The molecule has 0 aliphatic carbocycles. The Bertz CT molecular complexity index is 1020. The Kier molecular flexibility index (Phi) is 4.65. The number of ether oxygens (including phenoxy) is 1. The molecule has 0 bridgehead atoms. The Morgan fingerprint density at radius 1 is 0.964 bits per heavy atom. The number of hydrogen-bond acceptors (Lipinski definition) is 4. The minimum atomic E-state index is -0.370. The van der Waals surface area contributed by atoms with Crippen molar-refractivity contribution in [3.05, 3.63) is 77.9 Å². The molecule has 1 unspecified atom stereocenters. The van der Waals surface area contributed by atoms with Gasteiger partial charge in [-0.3, -0.25) is 4.79 Å². The van der Waals surface area contributed by atoms with E-state index in [0.717, 1.165) is 12.0 Å². The first-order valence-corrected chi connectivity index (χ1v) is 9.21. The van der Waals surface area contributed by atoms with Crippen molar-refractivity contribution in [1.29, 1.82) is 0 Å². The van der Waals surface area contributed by atoms with E-state index in [1.165, 1.54) is 12.1 Å². The Labute approximate surface area is 163 Å². The SMILES string of the molecule is CC1Cc2cccc(O)c2N(C(=O)c2cc(Oc3ccccc3)ccc2O)C1. The molecule has 0 fully saturated rings. The maximum atomic E-state index is 13.3. The molecule has 0 radical (unpaired) electrons. The third-order valence-corrected chi connectivity index (χ3v) is 4.85. The van der Waals surface area contributed by atoms with Gasteiger partial charge < -0.3 is 19.8 Å². The second-order valence-corrected chi connectivity index (χ2v) is 7.10. The molecule has 3 aromatic rings. The largest absolute Gasteiger partial charge is 0.507 e. The predicted molar refractivity (Wildman–Crippen MR) is 107 cm³/mol. The zero-order valence-electron chi connectivity index (χ0n) is 15.5. The van der Waals surface area contributed by atoms with Gasteiger partial charge in [-0.25, -0.2) is 0 Å². The van der Waals surface area contributed by atoms with Crippen LogP contribution in [0.25, 0.3) is 0 Å². The van der Waals surface area contributed by atoms with E-state index in [-0.39, 0.29) is 28.9 Å². The Balaban J connectivity index is 1.70. The molecule has 1 aliphatic rings. The van der Waals surface area contributed by atoms with Crippen LogP contribution >= 0.6 is 0 Å². The molecular formula is C23H21NO4. The number of carbonyl (C=O) groups excluding carboxylic acids is 1. The van der Waals surface area contributed by atoms with E-state index in [1.54, 1.807) is 23.1 Å². The molecule has 5 nitrogen and oxygen atoms in total. The van der Waals surface area contributed by atoms with Crippen molar-refractivity contribution in [2.45, 2.75) is 13.3 Å². The number of aromatic hydroxyl groups is 2. The highest BCUT2D eigenvalue weighted by molar-refractivity contribution is 6.09. The predicted octanol–water partition coefficient (Wildman–Crippen LogP) is 4.73. The lowest BCUT2D eigenvalue weighted by molar-refractivity contribution is 0.0977. The normalized spacial score (nSPS) is 15.8. The summed E-state index contributed by atoms with van der Waals surface area (Å²) in [4.78, 5) is 14.8. The molecule has 1 amide bonds. The summed E-state index contributed by atoms with van der Waals surface area (Å²) >= 11 is 0. The minimum absolute atomic E-state index is 0.0638. The van der Waals surface area contributed by atoms with Gasteiger partial charge in [-0.1, -0.05) is 37.3 Å². The van der Waals surface area contributed by atoms with E-state index in [0.29, 0.717) is 23.7 Å². The van der Waals surface area contributed by atoms with Crippen LogP contribution in [0.3, 0.4) is 0 Å². The Morgan fingerprint density at radius 2 is 1.75 bits per heavy atom. The van der Waals surface area contributed by atoms with Gasteiger partial charge in [0.05, 0.1) is 11.3 Å². The lowest BCUT2D eigenvalue weighted by Crippen LogP contribution is -2.39. The summed E-state index contributed by atoms with van der Waals surface area (Å²) in [5.74, 6) is 0.903. The van der Waals surface area contributed by atoms with E-state index in [9.17, 15) is 15.0 Å². The number of nitrogens with zero attached hydrogens (tertiary/aromatic N) is 1. The van der Waals surface area contributed by atoms with Crippen LogP contribution in [0.5, 0.6) is 23.0 Å². The summed E-state index contributed by atoms with van der Waals surface area (Å²) in [6.45, 7) is 2.52. The summed E-state index contributed by atoms with van der Waals surface area (Å²) in [5.41, 5.74) is 1.57. The molecule has 4 rings (SSSR count). The maximum absolute atomic E-state index is 13.3. The maximum Gasteiger partial charge on any atom is 0.262 e. The Morgan fingerprint density at radius 3 is 2.54 bits per heavy atom. The average Bonchev–Trinajstić information content (AvgIpc) is 2.69. The van der Waals surface area contributed by atoms with Gasteiger partial charge in [-0.05, 0) is 54.3 Å². The molecular weight excluding hydrogens is 354 g/mol. The molecule has 3 aromatic carbocycles. The van der Waals surface area contributed by atoms with Crippen LogP contribution in [0.4, 0.5) is 5.69 Å². The highest BCUT2D eigenvalue weighted by atomic mass is 16.5. The van der Waals surface area contributed by atoms with E-state index in [1.807, 2.05) is 36.4 Å². The fourth-order valence-electron chi connectivity index (χ4n) is 3.60. The van der Waals surface area contributed by atoms with Crippen molar-refractivity contribution in [3.8, 4) is 23.0 Å². The van der Waals surface area contributed by atoms with Crippen LogP contribution in [-0.4, -0.2) is 22.7 Å². The van der Waals surface area contributed by atoms with Crippen LogP contribution in [0, 0.1) is 5.92 Å². The van der Waals surface area contributed by atoms with Crippen LogP contribution in [0.1, 0.15) is 22.8 Å². The zero-order valence-corrected chi connectivity index (χ0v) is 15.5. The van der Waals surface area contributed by atoms with Crippen molar-refractivity contribution in [3.63, 3.8) is 0 Å². The highest BCUT2D eigenvalue weighted by Crippen LogP contribution is 2.39. The number of carbonyl (C=O) groups is 1. The van der Waals surface area contributed by atoms with Crippen molar-refractivity contribution in [2.24, 2.45) is 5.92 Å². The minimum Gasteiger partial charge on any atom is -0.507 e. The van der Waals surface area contributed by atoms with Crippen LogP contribution in [0.2, 0.25) is 0 Å². The molecule has 28 heavy (non-hydrogen) atoms. The third kappa shape index (κ3) is 3.39. The van der Waals surface area contributed by atoms with Gasteiger partial charge in [-0.2, -0.15) is 0 Å². The quantitative estimate of drug-likeness (QED) is 0.694. The topological polar surface area (TPSA) is 70.0 Å². The molecule has 0 saturated carbocycles. The zero-order chi connectivity index (χ0) is 19.7. The smallest absolute Gasteiger partial charge is 0.262 e. The van der Waals surface area contributed by atoms with Gasteiger partial charge in [0.15, 0.2) is 0 Å². The second kappa shape index (κ2) is 7.27. The van der Waals surface area contributed by atoms with E-state index >= 15 is 0 Å². The number of benzene rings is 3. The number of amides is 1. The number of para-hydroxylation sites is 2. The first-order valence-electron chi connectivity index (χ1n) is 9.21. The molecule has 0 saturated heterocycles. The fourth-order valence-corrected chi connectivity index (χ4v) is 3.60. The first kappa shape index (κ1) is 17.9. The van der Waals surface area contributed by atoms with Crippen molar-refractivity contribution in [2.75, 3.05) is 11.4 Å². The van der Waals surface area contributed by atoms with Crippen LogP contribution < -0.4 is 9.64 Å².